The fourth-order valence-corrected chi connectivity index (χ4v) is 2.47. The summed E-state index contributed by atoms with van der Waals surface area (Å²) in [5, 5.41) is 6.95. The number of carbonyl (C=O) groups is 2. The predicted octanol–water partition coefficient (Wildman–Crippen LogP) is 3.78. The molecule has 0 radical (unpaired) electrons. The van der Waals surface area contributed by atoms with E-state index in [4.69, 9.17) is 21.1 Å². The van der Waals surface area contributed by atoms with Crippen LogP contribution >= 0.6 is 11.6 Å². The number of ether oxygens (including phenoxy) is 2. The van der Waals surface area contributed by atoms with Crippen molar-refractivity contribution in [3.8, 4) is 11.5 Å². The normalized spacial score (nSPS) is 10.4. The summed E-state index contributed by atoms with van der Waals surface area (Å²) >= 11 is 5.86. The number of nitrogens with one attached hydrogen (secondary N) is 2. The van der Waals surface area contributed by atoms with E-state index >= 15 is 0 Å². The zero-order valence-electron chi connectivity index (χ0n) is 16.0. The van der Waals surface area contributed by atoms with Crippen molar-refractivity contribution in [2.45, 2.75) is 13.3 Å². The van der Waals surface area contributed by atoms with E-state index in [1.54, 1.807) is 48.5 Å². The van der Waals surface area contributed by atoms with Crippen LogP contribution in [0.1, 0.15) is 18.9 Å². The van der Waals surface area contributed by atoms with Gasteiger partial charge in [0.2, 0.25) is 11.8 Å². The summed E-state index contributed by atoms with van der Waals surface area (Å²) in [6.07, 6.45) is 2.72. The highest BCUT2D eigenvalue weighted by Gasteiger charge is 2.09. The number of nitrogens with zero attached hydrogens (tertiary/aromatic N) is 1. The van der Waals surface area contributed by atoms with E-state index < -0.39 is 11.8 Å². The van der Waals surface area contributed by atoms with Gasteiger partial charge in [-0.05, 0) is 48.9 Å². The maximum absolute atomic E-state index is 11.9. The second kappa shape index (κ2) is 11.5. The molecule has 0 saturated carbocycles. The Bertz CT molecular complexity index is 899. The van der Waals surface area contributed by atoms with Gasteiger partial charge in [-0.2, -0.15) is 5.10 Å². The number of hydrogen-bond donors (Lipinski definition) is 2. The molecule has 0 aliphatic rings. The van der Waals surface area contributed by atoms with Gasteiger partial charge in [-0.3, -0.25) is 9.59 Å². The lowest BCUT2D eigenvalue weighted by atomic mass is 10.2. The lowest BCUT2D eigenvalue weighted by molar-refractivity contribution is -0.126. The molecule has 0 saturated heterocycles. The summed E-state index contributed by atoms with van der Waals surface area (Å²) in [5.74, 6) is 0.134. The Morgan fingerprint density at radius 1 is 1.14 bits per heavy atom. The van der Waals surface area contributed by atoms with Crippen LogP contribution in [0.4, 0.5) is 5.69 Å². The molecule has 0 aliphatic carbocycles. The zero-order chi connectivity index (χ0) is 21.1. The van der Waals surface area contributed by atoms with Crippen LogP contribution in [0.25, 0.3) is 0 Å². The third-order valence-corrected chi connectivity index (χ3v) is 3.69. The van der Waals surface area contributed by atoms with Crippen LogP contribution in [0.3, 0.4) is 0 Å². The van der Waals surface area contributed by atoms with Gasteiger partial charge in [0.15, 0.2) is 11.5 Å². The first kappa shape index (κ1) is 22.0. The number of halogens is 1. The summed E-state index contributed by atoms with van der Waals surface area (Å²) in [6.45, 7) is 6.32. The molecular weight excluding hydrogens is 394 g/mol. The van der Waals surface area contributed by atoms with Crippen LogP contribution in [0.2, 0.25) is 5.02 Å². The second-order valence-corrected chi connectivity index (χ2v) is 6.20. The van der Waals surface area contributed by atoms with Gasteiger partial charge in [-0.25, -0.2) is 5.43 Å². The third kappa shape index (κ3) is 7.67. The molecular formula is C21H22ClN3O4. The van der Waals surface area contributed by atoms with Crippen molar-refractivity contribution in [2.75, 3.05) is 18.5 Å². The fraction of sp³-hybridized carbons (Fsp3) is 0.190. The number of amides is 2. The second-order valence-electron chi connectivity index (χ2n) is 5.77. The van der Waals surface area contributed by atoms with Crippen LogP contribution < -0.4 is 20.2 Å². The molecule has 0 atom stereocenters. The fourth-order valence-electron chi connectivity index (χ4n) is 2.28. The highest BCUT2D eigenvalue weighted by Crippen LogP contribution is 2.28. The van der Waals surface area contributed by atoms with Crippen molar-refractivity contribution >= 4 is 35.3 Å². The van der Waals surface area contributed by atoms with E-state index in [0.717, 1.165) is 0 Å². The summed E-state index contributed by atoms with van der Waals surface area (Å²) in [7, 11) is 0. The number of rotatable bonds is 10. The first-order valence-corrected chi connectivity index (χ1v) is 9.27. The van der Waals surface area contributed by atoms with E-state index in [9.17, 15) is 9.59 Å². The van der Waals surface area contributed by atoms with Gasteiger partial charge < -0.3 is 14.8 Å². The number of carbonyl (C=O) groups excluding carboxylic acids is 2. The van der Waals surface area contributed by atoms with Crippen LogP contribution in [0, 0.1) is 0 Å². The topological polar surface area (TPSA) is 89.0 Å². The van der Waals surface area contributed by atoms with Crippen molar-refractivity contribution < 1.29 is 19.1 Å². The Kier molecular flexibility index (Phi) is 8.72. The average Bonchev–Trinajstić information content (AvgIpc) is 2.67. The minimum atomic E-state index is -0.545. The quantitative estimate of drug-likeness (QED) is 0.267. The van der Waals surface area contributed by atoms with Crippen LogP contribution in [-0.2, 0) is 9.59 Å². The van der Waals surface area contributed by atoms with Gasteiger partial charge in [0, 0.05) is 10.7 Å². The lowest BCUT2D eigenvalue weighted by Gasteiger charge is -2.11. The van der Waals surface area contributed by atoms with Crippen molar-refractivity contribution in [1.82, 2.24) is 5.43 Å². The van der Waals surface area contributed by atoms with Crippen molar-refractivity contribution in [2.24, 2.45) is 5.10 Å². The predicted molar refractivity (Wildman–Crippen MR) is 114 cm³/mol. The van der Waals surface area contributed by atoms with Crippen molar-refractivity contribution in [3.63, 3.8) is 0 Å². The maximum Gasteiger partial charge on any atom is 0.249 e. The molecule has 0 aromatic heterocycles. The molecule has 2 rings (SSSR count). The van der Waals surface area contributed by atoms with Gasteiger partial charge >= 0.3 is 0 Å². The van der Waals surface area contributed by atoms with E-state index in [1.807, 2.05) is 6.92 Å². The summed E-state index contributed by atoms with van der Waals surface area (Å²) < 4.78 is 11.1. The number of benzene rings is 2. The first-order chi connectivity index (χ1) is 14.0. The summed E-state index contributed by atoms with van der Waals surface area (Å²) in [6, 6.07) is 11.9. The Morgan fingerprint density at radius 2 is 1.97 bits per heavy atom. The highest BCUT2D eigenvalue weighted by molar-refractivity contribution is 6.30. The number of hydrazone groups is 1. The van der Waals surface area contributed by atoms with Crippen molar-refractivity contribution in [3.05, 3.63) is 65.7 Å². The SMILES string of the molecule is C=CCOc1ccc(/C=N\NC(=O)CC(=O)Nc2cccc(Cl)c2)cc1OCC. The van der Waals surface area contributed by atoms with Crippen LogP contribution in [0.15, 0.2) is 60.2 Å². The average molecular weight is 416 g/mol. The van der Waals surface area contributed by atoms with E-state index in [2.05, 4.69) is 22.4 Å². The van der Waals surface area contributed by atoms with Gasteiger partial charge in [0.1, 0.15) is 13.0 Å². The van der Waals surface area contributed by atoms with E-state index in [1.165, 1.54) is 6.21 Å². The molecule has 0 unspecified atom stereocenters. The third-order valence-electron chi connectivity index (χ3n) is 3.46. The Morgan fingerprint density at radius 3 is 2.69 bits per heavy atom. The molecule has 2 amide bonds. The smallest absolute Gasteiger partial charge is 0.249 e. The highest BCUT2D eigenvalue weighted by atomic mass is 35.5. The minimum Gasteiger partial charge on any atom is -0.490 e. The largest absolute Gasteiger partial charge is 0.490 e. The summed E-state index contributed by atoms with van der Waals surface area (Å²) in [5.41, 5.74) is 3.53. The van der Waals surface area contributed by atoms with Gasteiger partial charge in [0.05, 0.1) is 12.8 Å². The van der Waals surface area contributed by atoms with Crippen molar-refractivity contribution in [1.29, 1.82) is 0 Å². The zero-order valence-corrected chi connectivity index (χ0v) is 16.7. The van der Waals surface area contributed by atoms with Gasteiger partial charge in [-0.15, -0.1) is 0 Å². The molecule has 2 aromatic carbocycles. The van der Waals surface area contributed by atoms with Gasteiger partial charge in [0.25, 0.3) is 0 Å². The molecule has 8 heteroatoms. The Hall–Kier alpha value is -3.32. The van der Waals surface area contributed by atoms with E-state index in [0.29, 0.717) is 41.0 Å². The number of hydrogen-bond acceptors (Lipinski definition) is 5. The van der Waals surface area contributed by atoms with Crippen LogP contribution in [0.5, 0.6) is 11.5 Å². The first-order valence-electron chi connectivity index (χ1n) is 8.89. The lowest BCUT2D eigenvalue weighted by Crippen LogP contribution is -2.24. The molecule has 2 N–H and O–H groups in total. The minimum absolute atomic E-state index is 0.362. The Balaban J connectivity index is 1.89. The summed E-state index contributed by atoms with van der Waals surface area (Å²) in [4.78, 5) is 23.8. The molecule has 0 heterocycles. The van der Waals surface area contributed by atoms with Crippen LogP contribution in [-0.4, -0.2) is 31.2 Å². The molecule has 0 fully saturated rings. The standard InChI is InChI=1S/C21H22ClN3O4/c1-3-10-29-18-9-8-15(11-19(18)28-4-2)14-23-25-21(27)13-20(26)24-17-7-5-6-16(22)12-17/h3,5-9,11-12,14H,1,4,10,13H2,2H3,(H,24,26)(H,25,27)/b23-14-. The maximum atomic E-state index is 11.9. The molecule has 7 nitrogen and oxygen atoms in total. The molecule has 0 aliphatic heterocycles. The molecule has 2 aromatic rings. The Labute approximate surface area is 174 Å². The molecule has 0 spiro atoms. The van der Waals surface area contributed by atoms with E-state index in [-0.39, 0.29) is 6.42 Å². The van der Waals surface area contributed by atoms with Gasteiger partial charge in [-0.1, -0.05) is 30.3 Å². The molecule has 29 heavy (non-hydrogen) atoms. The molecule has 0 bridgehead atoms. The molecule has 152 valence electrons. The number of anilines is 1. The monoisotopic (exact) mass is 415 g/mol.